The fraction of sp³-hybridized carbons (Fsp3) is 0.567. The molecule has 4 rings (SSSR count). The first kappa shape index (κ1) is 30.3. The number of nitrogens with zero attached hydrogens (tertiary/aromatic N) is 3. The molecule has 0 atom stereocenters. The van der Waals surface area contributed by atoms with Crippen LogP contribution in [0.4, 0.5) is 14.6 Å². The Hall–Kier alpha value is -2.69. The number of amides is 2. The molecule has 0 radical (unpaired) electrons. The van der Waals surface area contributed by atoms with Gasteiger partial charge in [0.1, 0.15) is 21.2 Å². The molecular formula is C30H42N4O4S2. The van der Waals surface area contributed by atoms with Gasteiger partial charge in [-0.3, -0.25) is 4.90 Å². The molecule has 0 bridgehead atoms. The quantitative estimate of drug-likeness (QED) is 0.290. The van der Waals surface area contributed by atoms with Crippen molar-refractivity contribution in [3.8, 4) is 10.6 Å². The van der Waals surface area contributed by atoms with E-state index in [1.807, 2.05) is 59.7 Å². The number of rotatable bonds is 7. The molecule has 0 fully saturated rings. The molecule has 8 nitrogen and oxygen atoms in total. The van der Waals surface area contributed by atoms with Crippen LogP contribution < -0.4 is 10.2 Å². The molecule has 0 unspecified atom stereocenters. The Kier molecular flexibility index (Phi) is 9.11. The van der Waals surface area contributed by atoms with Crippen LogP contribution in [0.5, 0.6) is 0 Å². The number of hydrogen-bond acceptors (Lipinski definition) is 8. The number of nitrogens with one attached hydrogen (secondary N) is 1. The smallest absolute Gasteiger partial charge is 0.415 e. The number of carbonyl (C=O) groups is 2. The fourth-order valence-electron chi connectivity index (χ4n) is 4.48. The van der Waals surface area contributed by atoms with Crippen molar-refractivity contribution in [2.24, 2.45) is 0 Å². The molecule has 1 N–H and O–H groups in total. The molecule has 3 heterocycles. The summed E-state index contributed by atoms with van der Waals surface area (Å²) >= 11 is 3.19. The Morgan fingerprint density at radius 2 is 1.77 bits per heavy atom. The molecule has 3 aromatic rings. The Morgan fingerprint density at radius 1 is 1.07 bits per heavy atom. The molecule has 218 valence electrons. The van der Waals surface area contributed by atoms with Crippen molar-refractivity contribution in [2.45, 2.75) is 92.0 Å². The molecule has 1 aliphatic heterocycles. The molecule has 0 aliphatic carbocycles. The lowest BCUT2D eigenvalue weighted by Crippen LogP contribution is -2.39. The monoisotopic (exact) mass is 586 g/mol. The molecule has 1 aliphatic rings. The summed E-state index contributed by atoms with van der Waals surface area (Å²) in [6.07, 6.45) is 0.733. The number of carbonyl (C=O) groups excluding carboxylic acids is 2. The third-order valence-corrected chi connectivity index (χ3v) is 8.46. The number of anilines is 1. The third-order valence-electron chi connectivity index (χ3n) is 6.17. The van der Waals surface area contributed by atoms with E-state index in [1.54, 1.807) is 32.5 Å². The van der Waals surface area contributed by atoms with Crippen molar-refractivity contribution < 1.29 is 19.1 Å². The standard InChI is InChI=1S/C30H42N4O4S2/c1-19(2)31-15-11-16-34(28(36)38-30(6,7)8)26-24(25-32-21-12-9-10-13-22(21)39-25)20-14-17-33(18-23(20)40-26)27(35)37-29(3,4)5/h9-10,12-13,19,31H,11,14-18H2,1-8H3. The highest BCUT2D eigenvalue weighted by Crippen LogP contribution is 2.47. The van der Waals surface area contributed by atoms with E-state index in [1.165, 1.54) is 0 Å². The number of benzene rings is 1. The summed E-state index contributed by atoms with van der Waals surface area (Å²) in [4.78, 5) is 36.2. The number of hydrogen-bond donors (Lipinski definition) is 1. The second-order valence-electron chi connectivity index (χ2n) is 12.4. The lowest BCUT2D eigenvalue weighted by atomic mass is 10.0. The Morgan fingerprint density at radius 3 is 2.42 bits per heavy atom. The summed E-state index contributed by atoms with van der Waals surface area (Å²) in [5, 5.41) is 5.16. The zero-order valence-electron chi connectivity index (χ0n) is 24.9. The number of ether oxygens (including phenoxy) is 2. The van der Waals surface area contributed by atoms with Crippen molar-refractivity contribution in [3.63, 3.8) is 0 Å². The number of thiazole rings is 1. The van der Waals surface area contributed by atoms with Crippen molar-refractivity contribution in [1.29, 1.82) is 0 Å². The fourth-order valence-corrected chi connectivity index (χ4v) is 6.96. The highest BCUT2D eigenvalue weighted by molar-refractivity contribution is 7.23. The summed E-state index contributed by atoms with van der Waals surface area (Å²) in [7, 11) is 0. The Balaban J connectivity index is 1.77. The molecule has 10 heteroatoms. The molecule has 0 saturated heterocycles. The van der Waals surface area contributed by atoms with Gasteiger partial charge in [0.05, 0.1) is 16.8 Å². The third kappa shape index (κ3) is 7.53. The molecule has 1 aromatic carbocycles. The Bertz CT molecular complexity index is 1320. The predicted octanol–water partition coefficient (Wildman–Crippen LogP) is 7.45. The van der Waals surface area contributed by atoms with Crippen molar-refractivity contribution in [1.82, 2.24) is 15.2 Å². The van der Waals surface area contributed by atoms with Gasteiger partial charge in [0.2, 0.25) is 0 Å². The van der Waals surface area contributed by atoms with Gasteiger partial charge in [-0.1, -0.05) is 26.0 Å². The normalized spacial score (nSPS) is 14.0. The minimum absolute atomic E-state index is 0.321. The second kappa shape index (κ2) is 12.0. The minimum Gasteiger partial charge on any atom is -0.444 e. The van der Waals surface area contributed by atoms with Crippen LogP contribution >= 0.6 is 22.7 Å². The number of para-hydroxylation sites is 1. The van der Waals surface area contributed by atoms with Crippen LogP contribution in [0.25, 0.3) is 20.8 Å². The highest BCUT2D eigenvalue weighted by Gasteiger charge is 2.35. The maximum absolute atomic E-state index is 13.7. The first-order valence-electron chi connectivity index (χ1n) is 13.9. The Labute approximate surface area is 245 Å². The average Bonchev–Trinajstić information content (AvgIpc) is 3.42. The van der Waals surface area contributed by atoms with Crippen molar-refractivity contribution in [2.75, 3.05) is 24.5 Å². The van der Waals surface area contributed by atoms with Crippen LogP contribution in [0, 0.1) is 0 Å². The van der Waals surface area contributed by atoms with Crippen molar-refractivity contribution >= 4 is 50.1 Å². The molecule has 0 spiro atoms. The van der Waals surface area contributed by atoms with E-state index in [-0.39, 0.29) is 12.2 Å². The van der Waals surface area contributed by atoms with Crippen LogP contribution in [-0.2, 0) is 22.4 Å². The maximum atomic E-state index is 13.7. The molecule has 40 heavy (non-hydrogen) atoms. The zero-order chi connectivity index (χ0) is 29.2. The first-order valence-corrected chi connectivity index (χ1v) is 15.6. The second-order valence-corrected chi connectivity index (χ2v) is 14.5. The van der Waals surface area contributed by atoms with E-state index < -0.39 is 11.2 Å². The van der Waals surface area contributed by atoms with Crippen molar-refractivity contribution in [3.05, 3.63) is 34.7 Å². The predicted molar refractivity (Wildman–Crippen MR) is 165 cm³/mol. The first-order chi connectivity index (χ1) is 18.7. The minimum atomic E-state index is -0.633. The number of fused-ring (bicyclic) bond motifs is 2. The maximum Gasteiger partial charge on any atom is 0.415 e. The zero-order valence-corrected chi connectivity index (χ0v) is 26.6. The topological polar surface area (TPSA) is 84.0 Å². The van der Waals surface area contributed by atoms with E-state index in [9.17, 15) is 9.59 Å². The van der Waals surface area contributed by atoms with Gasteiger partial charge in [0.15, 0.2) is 0 Å². The number of thiophene rings is 1. The summed E-state index contributed by atoms with van der Waals surface area (Å²) in [5.41, 5.74) is 1.86. The summed E-state index contributed by atoms with van der Waals surface area (Å²) in [5.74, 6) is 0. The van der Waals surface area contributed by atoms with Gasteiger partial charge in [-0.05, 0) is 78.6 Å². The van der Waals surface area contributed by atoms with Gasteiger partial charge in [-0.25, -0.2) is 14.6 Å². The lowest BCUT2D eigenvalue weighted by molar-refractivity contribution is 0.0226. The SMILES string of the molecule is CC(C)NCCCN(C(=O)OC(C)(C)C)c1sc2c(c1-c1nc3ccccc3s1)CCN(C(=O)OC(C)(C)C)C2. The van der Waals surface area contributed by atoms with Gasteiger partial charge in [0, 0.05) is 29.6 Å². The average molecular weight is 587 g/mol. The lowest BCUT2D eigenvalue weighted by Gasteiger charge is -2.30. The van der Waals surface area contributed by atoms with Gasteiger partial charge < -0.3 is 19.7 Å². The van der Waals surface area contributed by atoms with E-state index in [2.05, 4.69) is 25.2 Å². The summed E-state index contributed by atoms with van der Waals surface area (Å²) in [6, 6.07) is 8.45. The molecule has 2 aromatic heterocycles. The van der Waals surface area contributed by atoms with E-state index in [0.717, 1.165) is 49.2 Å². The van der Waals surface area contributed by atoms with Gasteiger partial charge >= 0.3 is 12.2 Å². The molecule has 0 saturated carbocycles. The summed E-state index contributed by atoms with van der Waals surface area (Å²) < 4.78 is 12.7. The van der Waals surface area contributed by atoms with Gasteiger partial charge in [-0.2, -0.15) is 0 Å². The van der Waals surface area contributed by atoms with E-state index in [4.69, 9.17) is 14.5 Å². The van der Waals surface area contributed by atoms with Crippen LogP contribution in [0.1, 0.15) is 72.3 Å². The van der Waals surface area contributed by atoms with Crippen LogP contribution in [0.3, 0.4) is 0 Å². The van der Waals surface area contributed by atoms with Crippen LogP contribution in [-0.4, -0.2) is 58.9 Å². The van der Waals surface area contributed by atoms with Gasteiger partial charge in [-0.15, -0.1) is 22.7 Å². The number of aromatic nitrogens is 1. The highest BCUT2D eigenvalue weighted by atomic mass is 32.1. The van der Waals surface area contributed by atoms with Crippen LogP contribution in [0.15, 0.2) is 24.3 Å². The largest absolute Gasteiger partial charge is 0.444 e. The van der Waals surface area contributed by atoms with Gasteiger partial charge in [0.25, 0.3) is 0 Å². The van der Waals surface area contributed by atoms with E-state index in [0.29, 0.717) is 32.1 Å². The summed E-state index contributed by atoms with van der Waals surface area (Å²) in [6.45, 7) is 17.8. The molecule has 2 amide bonds. The molecular weight excluding hydrogens is 544 g/mol. The van der Waals surface area contributed by atoms with E-state index >= 15 is 0 Å². The van der Waals surface area contributed by atoms with Crippen LogP contribution in [0.2, 0.25) is 0 Å².